The van der Waals surface area contributed by atoms with Gasteiger partial charge >= 0.3 is 5.97 Å². The minimum absolute atomic E-state index is 0.383. The summed E-state index contributed by atoms with van der Waals surface area (Å²) in [5, 5.41) is 50.2. The lowest BCUT2D eigenvalue weighted by molar-refractivity contribution is -0.315. The first kappa shape index (κ1) is 23.3. The minimum atomic E-state index is -1.55. The van der Waals surface area contributed by atoms with Crippen LogP contribution in [0.15, 0.2) is 23.3 Å². The molecule has 0 unspecified atom stereocenters. The van der Waals surface area contributed by atoms with Gasteiger partial charge in [-0.25, -0.2) is 0 Å². The molecule has 0 aromatic carbocycles. The Morgan fingerprint density at radius 3 is 2.50 bits per heavy atom. The fourth-order valence-corrected chi connectivity index (χ4v) is 4.34. The van der Waals surface area contributed by atoms with E-state index in [9.17, 15) is 30.3 Å². The molecule has 30 heavy (non-hydrogen) atoms. The van der Waals surface area contributed by atoms with Crippen molar-refractivity contribution in [2.24, 2.45) is 11.8 Å². The van der Waals surface area contributed by atoms with Crippen molar-refractivity contribution in [3.05, 3.63) is 23.3 Å². The third-order valence-electron chi connectivity index (χ3n) is 6.33. The van der Waals surface area contributed by atoms with Crippen molar-refractivity contribution in [1.82, 2.24) is 0 Å². The molecular weight excluding hydrogens is 396 g/mol. The maximum Gasteiger partial charge on any atom is 0.309 e. The van der Waals surface area contributed by atoms with Crippen molar-refractivity contribution in [3.63, 3.8) is 0 Å². The molecule has 2 fully saturated rings. The lowest BCUT2D eigenvalue weighted by Gasteiger charge is -2.42. The fourth-order valence-electron chi connectivity index (χ4n) is 4.34. The molecule has 2 saturated heterocycles. The van der Waals surface area contributed by atoms with Gasteiger partial charge in [-0.1, -0.05) is 18.6 Å². The molecule has 9 nitrogen and oxygen atoms in total. The first-order valence-electron chi connectivity index (χ1n) is 10.3. The van der Waals surface area contributed by atoms with Crippen molar-refractivity contribution >= 4 is 5.97 Å². The Labute approximate surface area is 175 Å². The lowest BCUT2D eigenvalue weighted by atomic mass is 9.82. The van der Waals surface area contributed by atoms with E-state index in [4.69, 9.17) is 14.2 Å². The molecule has 0 amide bonds. The summed E-state index contributed by atoms with van der Waals surface area (Å²) in [5.41, 5.74) is 1.60. The van der Waals surface area contributed by atoms with Crippen LogP contribution in [0.25, 0.3) is 0 Å². The molecule has 1 aliphatic carbocycles. The number of ether oxygens (including phenoxy) is 3. The van der Waals surface area contributed by atoms with Crippen LogP contribution < -0.4 is 0 Å². The van der Waals surface area contributed by atoms with Crippen LogP contribution in [0.3, 0.4) is 0 Å². The maximum atomic E-state index is 12.3. The van der Waals surface area contributed by atoms with Gasteiger partial charge in [0, 0.05) is 5.92 Å². The molecule has 10 atom stereocenters. The highest BCUT2D eigenvalue weighted by Gasteiger charge is 2.50. The van der Waals surface area contributed by atoms with Crippen molar-refractivity contribution in [3.8, 4) is 0 Å². The van der Waals surface area contributed by atoms with Gasteiger partial charge in [0.25, 0.3) is 0 Å². The summed E-state index contributed by atoms with van der Waals surface area (Å²) in [6.07, 6.45) is -4.46. The molecule has 9 heteroatoms. The molecule has 3 aliphatic rings. The molecule has 170 valence electrons. The first-order valence-corrected chi connectivity index (χ1v) is 10.3. The second-order valence-corrected chi connectivity index (χ2v) is 8.56. The van der Waals surface area contributed by atoms with Crippen molar-refractivity contribution in [1.29, 1.82) is 0 Å². The number of hydrogen-bond acceptors (Lipinski definition) is 9. The van der Waals surface area contributed by atoms with Crippen LogP contribution in [0.2, 0.25) is 0 Å². The smallest absolute Gasteiger partial charge is 0.309 e. The highest BCUT2D eigenvalue weighted by molar-refractivity contribution is 5.75. The Morgan fingerprint density at radius 1 is 1.13 bits per heavy atom. The van der Waals surface area contributed by atoms with E-state index < -0.39 is 67.5 Å². The van der Waals surface area contributed by atoms with Crippen LogP contribution in [0.1, 0.15) is 33.6 Å². The van der Waals surface area contributed by atoms with E-state index in [1.807, 2.05) is 13.0 Å². The summed E-state index contributed by atoms with van der Waals surface area (Å²) >= 11 is 0. The van der Waals surface area contributed by atoms with Gasteiger partial charge in [-0.3, -0.25) is 4.79 Å². The zero-order valence-corrected chi connectivity index (χ0v) is 17.4. The van der Waals surface area contributed by atoms with E-state index in [1.54, 1.807) is 19.9 Å². The molecule has 0 radical (unpaired) electrons. The zero-order chi connectivity index (χ0) is 22.2. The highest BCUT2D eigenvalue weighted by Crippen LogP contribution is 2.38. The monoisotopic (exact) mass is 428 g/mol. The van der Waals surface area contributed by atoms with Crippen LogP contribution in [-0.4, -0.2) is 87.1 Å². The van der Waals surface area contributed by atoms with Gasteiger partial charge in [-0.2, -0.15) is 0 Å². The quantitative estimate of drug-likeness (QED) is 0.294. The summed E-state index contributed by atoms with van der Waals surface area (Å²) in [5.74, 6) is -1.31. The molecule has 2 heterocycles. The third kappa shape index (κ3) is 4.62. The molecule has 0 spiro atoms. The van der Waals surface area contributed by atoms with Crippen molar-refractivity contribution in [2.45, 2.75) is 82.6 Å². The number of aliphatic hydroxyl groups is 5. The van der Waals surface area contributed by atoms with E-state index in [2.05, 4.69) is 0 Å². The third-order valence-corrected chi connectivity index (χ3v) is 6.33. The van der Waals surface area contributed by atoms with Crippen molar-refractivity contribution < 1.29 is 44.5 Å². The standard InChI is InChI=1S/C21H32O9/c1-9-4-5-12(23)10(2)7-14-16(11(3)20(27)28-14)13(6-9)29-21-19(26)18(25)17(24)15(8-22)30-21/h4,7,11-19,21-26H,5-6,8H2,1-3H3/b9-4-,10-7-/t11-,12-,13+,14-,15+,16+,17+,18-,19+,21-/m1/s1. The Morgan fingerprint density at radius 2 is 1.83 bits per heavy atom. The summed E-state index contributed by atoms with van der Waals surface area (Å²) < 4.78 is 17.1. The van der Waals surface area contributed by atoms with Gasteiger partial charge < -0.3 is 39.7 Å². The number of aliphatic hydroxyl groups excluding tert-OH is 5. The molecule has 2 aliphatic heterocycles. The van der Waals surface area contributed by atoms with Crippen LogP contribution in [0, 0.1) is 11.8 Å². The van der Waals surface area contributed by atoms with E-state index in [0.29, 0.717) is 18.4 Å². The van der Waals surface area contributed by atoms with Gasteiger partial charge in [0.05, 0.1) is 24.7 Å². The number of carbonyl (C=O) groups is 1. The normalized spacial score (nSPS) is 48.7. The van der Waals surface area contributed by atoms with Gasteiger partial charge in [0.1, 0.15) is 30.5 Å². The van der Waals surface area contributed by atoms with E-state index in [0.717, 1.165) is 5.57 Å². The molecule has 0 bridgehead atoms. The molecular formula is C21H32O9. The average Bonchev–Trinajstić information content (AvgIpc) is 2.98. The summed E-state index contributed by atoms with van der Waals surface area (Å²) in [4.78, 5) is 12.3. The number of esters is 1. The molecule has 0 aromatic rings. The van der Waals surface area contributed by atoms with E-state index in [-0.39, 0.29) is 5.97 Å². The topological polar surface area (TPSA) is 146 Å². The molecule has 0 saturated carbocycles. The summed E-state index contributed by atoms with van der Waals surface area (Å²) in [6.45, 7) is 4.84. The van der Waals surface area contributed by atoms with Gasteiger partial charge in [-0.15, -0.1) is 0 Å². The van der Waals surface area contributed by atoms with E-state index in [1.165, 1.54) is 0 Å². The number of carbonyl (C=O) groups excluding carboxylic acids is 1. The predicted octanol–water partition coefficient (Wildman–Crippen LogP) is -0.603. The maximum absolute atomic E-state index is 12.3. The fraction of sp³-hybridized carbons (Fsp3) is 0.762. The minimum Gasteiger partial charge on any atom is -0.457 e. The van der Waals surface area contributed by atoms with E-state index >= 15 is 0 Å². The largest absolute Gasteiger partial charge is 0.457 e. The Balaban J connectivity index is 1.91. The number of fused-ring (bicyclic) bond motifs is 1. The number of hydrogen-bond donors (Lipinski definition) is 5. The second kappa shape index (κ2) is 9.44. The average molecular weight is 428 g/mol. The zero-order valence-electron chi connectivity index (χ0n) is 17.4. The summed E-state index contributed by atoms with van der Waals surface area (Å²) in [6, 6.07) is 0. The molecule has 5 N–H and O–H groups in total. The van der Waals surface area contributed by atoms with Crippen LogP contribution in [0.4, 0.5) is 0 Å². The Hall–Kier alpha value is -1.33. The molecule has 3 rings (SSSR count). The Bertz CT molecular complexity index is 688. The molecule has 0 aromatic heterocycles. The predicted molar refractivity (Wildman–Crippen MR) is 104 cm³/mol. The SMILES string of the molecule is C/C1=C/C[C@@H](O)/C(C)=C\[C@H]2OC(=O)[C@H](C)[C@H]2[C@@H](O[C@@H]2O[C@@H](CO)[C@H](O)[C@@H](O)[C@@H]2O)C1. The summed E-state index contributed by atoms with van der Waals surface area (Å²) in [7, 11) is 0. The van der Waals surface area contributed by atoms with Gasteiger partial charge in [0.2, 0.25) is 0 Å². The van der Waals surface area contributed by atoms with Crippen LogP contribution in [-0.2, 0) is 19.0 Å². The first-order chi connectivity index (χ1) is 14.1. The lowest BCUT2D eigenvalue weighted by Crippen LogP contribution is -2.60. The van der Waals surface area contributed by atoms with Crippen LogP contribution >= 0.6 is 0 Å². The highest BCUT2D eigenvalue weighted by atomic mass is 16.7. The van der Waals surface area contributed by atoms with Crippen molar-refractivity contribution in [2.75, 3.05) is 6.61 Å². The second-order valence-electron chi connectivity index (χ2n) is 8.56. The Kier molecular flexibility index (Phi) is 7.34. The van der Waals surface area contributed by atoms with Gasteiger partial charge in [0.15, 0.2) is 6.29 Å². The van der Waals surface area contributed by atoms with Gasteiger partial charge in [-0.05, 0) is 38.3 Å². The van der Waals surface area contributed by atoms with Crippen LogP contribution in [0.5, 0.6) is 0 Å². The number of rotatable bonds is 3.